The van der Waals surface area contributed by atoms with E-state index >= 15 is 0 Å². The van der Waals surface area contributed by atoms with E-state index in [1.54, 1.807) is 11.8 Å². The number of likely N-dealkylation sites (tertiary alicyclic amines) is 1. The van der Waals surface area contributed by atoms with Gasteiger partial charge in [-0.25, -0.2) is 0 Å². The molecule has 2 amide bonds. The number of hydrogen-bond donors (Lipinski definition) is 2. The van der Waals surface area contributed by atoms with Crippen LogP contribution in [0.5, 0.6) is 0 Å². The molecule has 1 aliphatic carbocycles. The average molecular weight is 494 g/mol. The fraction of sp³-hybridized carbons (Fsp3) is 0.808. The molecule has 9 heteroatoms. The molecule has 0 saturated carbocycles. The lowest BCUT2D eigenvalue weighted by atomic mass is 9.69. The first-order valence-electron chi connectivity index (χ1n) is 13.4. The van der Waals surface area contributed by atoms with Gasteiger partial charge in [-0.1, -0.05) is 25.5 Å². The first-order chi connectivity index (χ1) is 17.0. The largest absolute Gasteiger partial charge is 0.466 e. The van der Waals surface area contributed by atoms with Crippen LogP contribution in [0.2, 0.25) is 0 Å². The third-order valence-electron chi connectivity index (χ3n) is 7.45. The van der Waals surface area contributed by atoms with Crippen molar-refractivity contribution in [3.63, 3.8) is 0 Å². The fourth-order valence-corrected chi connectivity index (χ4v) is 5.74. The molecular weight excluding hydrogens is 450 g/mol. The first kappa shape index (κ1) is 27.6. The first-order valence-corrected chi connectivity index (χ1v) is 13.4. The van der Waals surface area contributed by atoms with Crippen LogP contribution < -0.4 is 5.32 Å². The van der Waals surface area contributed by atoms with Crippen LogP contribution in [-0.2, 0) is 23.9 Å². The zero-order valence-corrected chi connectivity index (χ0v) is 21.3. The standard InChI is InChI=1S/C26H43N3O6/c1-3-8-19-9-10-20-22(21(19)26(33)35-4-2)25(32)29(12-6-5-7-16-30)23(20)24(31)27-11-13-28-14-17-34-18-15-28/h9-10,19-23,30H,3-8,11-18H2,1-2H3,(H,27,31)/t19-,20+,21-,22-,23+/m1/s1. The maximum atomic E-state index is 13.7. The summed E-state index contributed by atoms with van der Waals surface area (Å²) >= 11 is 0. The highest BCUT2D eigenvalue weighted by Crippen LogP contribution is 2.45. The molecule has 0 aromatic heterocycles. The predicted molar refractivity (Wildman–Crippen MR) is 131 cm³/mol. The second kappa shape index (κ2) is 13.9. The van der Waals surface area contributed by atoms with Gasteiger partial charge in [0.1, 0.15) is 6.04 Å². The maximum Gasteiger partial charge on any atom is 0.310 e. The Morgan fingerprint density at radius 1 is 1.14 bits per heavy atom. The van der Waals surface area contributed by atoms with E-state index in [1.165, 1.54) is 0 Å². The number of nitrogens with one attached hydrogen (secondary N) is 1. The van der Waals surface area contributed by atoms with Crippen LogP contribution in [0.4, 0.5) is 0 Å². The van der Waals surface area contributed by atoms with Crippen LogP contribution >= 0.6 is 0 Å². The molecule has 0 aromatic carbocycles. The Morgan fingerprint density at radius 2 is 1.91 bits per heavy atom. The van der Waals surface area contributed by atoms with E-state index in [1.807, 2.05) is 12.2 Å². The Morgan fingerprint density at radius 3 is 2.60 bits per heavy atom. The third-order valence-corrected chi connectivity index (χ3v) is 7.45. The zero-order chi connectivity index (χ0) is 25.2. The van der Waals surface area contributed by atoms with Crippen molar-refractivity contribution in [3.8, 4) is 0 Å². The smallest absolute Gasteiger partial charge is 0.310 e. The van der Waals surface area contributed by atoms with Gasteiger partial charge in [-0.15, -0.1) is 0 Å². The molecule has 198 valence electrons. The van der Waals surface area contributed by atoms with Crippen LogP contribution in [-0.4, -0.2) is 97.9 Å². The van der Waals surface area contributed by atoms with Gasteiger partial charge in [0.05, 0.1) is 31.7 Å². The molecular formula is C26H43N3O6. The van der Waals surface area contributed by atoms with E-state index < -0.39 is 17.9 Å². The molecule has 2 heterocycles. The molecule has 0 aromatic rings. The van der Waals surface area contributed by atoms with Gasteiger partial charge in [0.25, 0.3) is 0 Å². The van der Waals surface area contributed by atoms with E-state index in [2.05, 4.69) is 17.1 Å². The van der Waals surface area contributed by atoms with Gasteiger partial charge in [0, 0.05) is 45.2 Å². The minimum Gasteiger partial charge on any atom is -0.466 e. The molecule has 2 N–H and O–H groups in total. The summed E-state index contributed by atoms with van der Waals surface area (Å²) in [4.78, 5) is 44.2. The van der Waals surface area contributed by atoms with E-state index in [9.17, 15) is 14.4 Å². The summed E-state index contributed by atoms with van der Waals surface area (Å²) in [6.07, 6.45) is 7.86. The third kappa shape index (κ3) is 6.83. The van der Waals surface area contributed by atoms with Crippen molar-refractivity contribution >= 4 is 17.8 Å². The zero-order valence-electron chi connectivity index (χ0n) is 21.3. The summed E-state index contributed by atoms with van der Waals surface area (Å²) in [5.41, 5.74) is 0. The van der Waals surface area contributed by atoms with Crippen LogP contribution in [0.1, 0.15) is 46.0 Å². The lowest BCUT2D eigenvalue weighted by Crippen LogP contribution is -2.49. The number of unbranched alkanes of at least 4 members (excludes halogenated alkanes) is 2. The summed E-state index contributed by atoms with van der Waals surface area (Å²) in [6.45, 7) is 9.00. The van der Waals surface area contributed by atoms with Crippen molar-refractivity contribution in [1.82, 2.24) is 15.1 Å². The molecule has 3 rings (SSSR count). The van der Waals surface area contributed by atoms with Crippen molar-refractivity contribution in [1.29, 1.82) is 0 Å². The van der Waals surface area contributed by atoms with Gasteiger partial charge in [0.2, 0.25) is 11.8 Å². The number of allylic oxidation sites excluding steroid dienone is 1. The number of carbonyl (C=O) groups excluding carboxylic acids is 3. The van der Waals surface area contributed by atoms with Gasteiger partial charge in [0.15, 0.2) is 0 Å². The topological polar surface area (TPSA) is 108 Å². The predicted octanol–water partition coefficient (Wildman–Crippen LogP) is 1.21. The highest BCUT2D eigenvalue weighted by atomic mass is 16.5. The average Bonchev–Trinajstić information content (AvgIpc) is 3.14. The van der Waals surface area contributed by atoms with Gasteiger partial charge in [-0.3, -0.25) is 19.3 Å². The molecule has 35 heavy (non-hydrogen) atoms. The molecule has 2 saturated heterocycles. The number of aliphatic hydroxyl groups is 1. The van der Waals surface area contributed by atoms with E-state index in [0.717, 1.165) is 38.9 Å². The van der Waals surface area contributed by atoms with E-state index in [4.69, 9.17) is 14.6 Å². The number of nitrogens with zero attached hydrogens (tertiary/aromatic N) is 2. The van der Waals surface area contributed by atoms with Crippen molar-refractivity contribution in [2.45, 2.75) is 52.0 Å². The highest BCUT2D eigenvalue weighted by molar-refractivity contribution is 5.96. The minimum absolute atomic E-state index is 0.0661. The SMILES string of the molecule is CCC[C@@H]1C=C[C@H]2[C@@H](C(=O)N(CCCCCO)[C@@H]2C(=O)NCCN2CCOCC2)[C@@H]1C(=O)OCC. The Labute approximate surface area is 209 Å². The van der Waals surface area contributed by atoms with Crippen LogP contribution in [0.15, 0.2) is 12.2 Å². The molecule has 0 unspecified atom stereocenters. The number of aliphatic hydroxyl groups excluding tert-OH is 1. The molecule has 0 bridgehead atoms. The summed E-state index contributed by atoms with van der Waals surface area (Å²) < 4.78 is 10.8. The van der Waals surface area contributed by atoms with Gasteiger partial charge < -0.3 is 24.8 Å². The monoisotopic (exact) mass is 493 g/mol. The quantitative estimate of drug-likeness (QED) is 0.226. The summed E-state index contributed by atoms with van der Waals surface area (Å²) in [7, 11) is 0. The molecule has 2 fully saturated rings. The lowest BCUT2D eigenvalue weighted by molar-refractivity contribution is -0.155. The maximum absolute atomic E-state index is 13.7. The lowest BCUT2D eigenvalue weighted by Gasteiger charge is -2.34. The summed E-state index contributed by atoms with van der Waals surface area (Å²) in [5, 5.41) is 12.2. The van der Waals surface area contributed by atoms with Crippen LogP contribution in [0, 0.1) is 23.7 Å². The van der Waals surface area contributed by atoms with Gasteiger partial charge in [-0.2, -0.15) is 0 Å². The van der Waals surface area contributed by atoms with Gasteiger partial charge in [-0.05, 0) is 38.5 Å². The molecule has 0 spiro atoms. The summed E-state index contributed by atoms with van der Waals surface area (Å²) in [5.74, 6) is -2.20. The van der Waals surface area contributed by atoms with Crippen molar-refractivity contribution in [2.75, 3.05) is 59.2 Å². The van der Waals surface area contributed by atoms with Gasteiger partial charge >= 0.3 is 5.97 Å². The summed E-state index contributed by atoms with van der Waals surface area (Å²) in [6, 6.07) is -0.637. The number of esters is 1. The second-order valence-electron chi connectivity index (χ2n) is 9.72. The Balaban J connectivity index is 1.78. The number of fused-ring (bicyclic) bond motifs is 1. The normalized spacial score (nSPS) is 28.7. The van der Waals surface area contributed by atoms with Crippen LogP contribution in [0.3, 0.4) is 0 Å². The van der Waals surface area contributed by atoms with E-state index in [0.29, 0.717) is 39.1 Å². The van der Waals surface area contributed by atoms with Crippen LogP contribution in [0.25, 0.3) is 0 Å². The fourth-order valence-electron chi connectivity index (χ4n) is 5.74. The second-order valence-corrected chi connectivity index (χ2v) is 9.72. The Kier molecular flexibility index (Phi) is 11.0. The molecule has 3 aliphatic rings. The molecule has 2 aliphatic heterocycles. The molecule has 5 atom stereocenters. The molecule has 0 radical (unpaired) electrons. The van der Waals surface area contributed by atoms with Crippen molar-refractivity contribution in [3.05, 3.63) is 12.2 Å². The Bertz CT molecular complexity index is 739. The Hall–Kier alpha value is -1.97. The molecule has 9 nitrogen and oxygen atoms in total. The number of ether oxygens (including phenoxy) is 2. The number of morpholine rings is 1. The number of rotatable bonds is 13. The number of hydrogen-bond acceptors (Lipinski definition) is 7. The minimum atomic E-state index is -0.637. The van der Waals surface area contributed by atoms with Crippen molar-refractivity contribution < 1.29 is 29.0 Å². The van der Waals surface area contributed by atoms with E-state index in [-0.39, 0.29) is 42.8 Å². The number of amides is 2. The highest BCUT2D eigenvalue weighted by Gasteiger charge is 2.57. The number of carbonyl (C=O) groups is 3. The van der Waals surface area contributed by atoms with Crippen molar-refractivity contribution in [2.24, 2.45) is 23.7 Å².